The molecule has 2 aromatic rings. The molecule has 4 nitrogen and oxygen atoms in total. The van der Waals surface area contributed by atoms with E-state index in [4.69, 9.17) is 5.73 Å². The minimum absolute atomic E-state index is 0.138. The molecule has 0 aliphatic heterocycles. The van der Waals surface area contributed by atoms with Crippen molar-refractivity contribution in [1.82, 2.24) is 9.97 Å². The molecule has 0 amide bonds. The lowest BCUT2D eigenvalue weighted by Gasteiger charge is -2.15. The lowest BCUT2D eigenvalue weighted by molar-refractivity contribution is 0.631. The van der Waals surface area contributed by atoms with Crippen LogP contribution in [0.1, 0.15) is 25.3 Å². The minimum Gasteiger partial charge on any atom is -0.383 e. The fourth-order valence-corrected chi connectivity index (χ4v) is 2.16. The summed E-state index contributed by atoms with van der Waals surface area (Å²) >= 11 is 3.31. The maximum atomic E-state index is 13.7. The van der Waals surface area contributed by atoms with Crippen LogP contribution in [0.4, 0.5) is 21.7 Å². The van der Waals surface area contributed by atoms with Gasteiger partial charge in [-0.05, 0) is 24.1 Å². The Morgan fingerprint density at radius 3 is 2.74 bits per heavy atom. The van der Waals surface area contributed by atoms with E-state index in [9.17, 15) is 4.39 Å². The van der Waals surface area contributed by atoms with Gasteiger partial charge in [-0.3, -0.25) is 0 Å². The fraction of sp³-hybridized carbons (Fsp3) is 0.231. The molecule has 0 aliphatic rings. The van der Waals surface area contributed by atoms with E-state index in [0.717, 1.165) is 10.0 Å². The highest BCUT2D eigenvalue weighted by atomic mass is 79.9. The summed E-state index contributed by atoms with van der Waals surface area (Å²) in [6.07, 6.45) is 1.36. The second-order valence-electron chi connectivity index (χ2n) is 4.43. The van der Waals surface area contributed by atoms with Crippen LogP contribution < -0.4 is 11.1 Å². The molecule has 100 valence electrons. The number of nitrogen functional groups attached to an aromatic ring is 1. The van der Waals surface area contributed by atoms with Gasteiger partial charge in [0.15, 0.2) is 0 Å². The van der Waals surface area contributed by atoms with E-state index in [0.29, 0.717) is 17.3 Å². The van der Waals surface area contributed by atoms with Crippen LogP contribution in [0.5, 0.6) is 0 Å². The maximum Gasteiger partial charge on any atom is 0.146 e. The van der Waals surface area contributed by atoms with Gasteiger partial charge in [0.1, 0.15) is 23.8 Å². The molecule has 1 aromatic carbocycles. The Morgan fingerprint density at radius 2 is 2.05 bits per heavy atom. The summed E-state index contributed by atoms with van der Waals surface area (Å²) in [5.74, 6) is 0.719. The molecule has 19 heavy (non-hydrogen) atoms. The molecule has 1 heterocycles. The zero-order valence-corrected chi connectivity index (χ0v) is 12.2. The zero-order valence-electron chi connectivity index (χ0n) is 10.6. The molecule has 0 saturated heterocycles. The van der Waals surface area contributed by atoms with E-state index >= 15 is 0 Å². The molecule has 6 heteroatoms. The third-order valence-corrected chi connectivity index (χ3v) is 3.17. The Hall–Kier alpha value is -1.69. The molecule has 2 rings (SSSR count). The number of nitrogens with two attached hydrogens (primary N) is 1. The van der Waals surface area contributed by atoms with Crippen molar-refractivity contribution in [1.29, 1.82) is 0 Å². The van der Waals surface area contributed by atoms with E-state index in [2.05, 4.69) is 31.2 Å². The zero-order chi connectivity index (χ0) is 14.0. The van der Waals surface area contributed by atoms with Gasteiger partial charge in [-0.15, -0.1) is 0 Å². The topological polar surface area (TPSA) is 63.8 Å². The quantitative estimate of drug-likeness (QED) is 0.900. The van der Waals surface area contributed by atoms with Gasteiger partial charge in [0.2, 0.25) is 0 Å². The molecule has 0 aliphatic carbocycles. The van der Waals surface area contributed by atoms with E-state index < -0.39 is 0 Å². The predicted molar refractivity (Wildman–Crippen MR) is 77.9 cm³/mol. The van der Waals surface area contributed by atoms with Crippen molar-refractivity contribution in [2.24, 2.45) is 0 Å². The number of hydrogen-bond donors (Lipinski definition) is 2. The van der Waals surface area contributed by atoms with Gasteiger partial charge in [0, 0.05) is 10.0 Å². The van der Waals surface area contributed by atoms with Crippen LogP contribution in [-0.2, 0) is 0 Å². The van der Waals surface area contributed by atoms with Crippen LogP contribution >= 0.6 is 15.9 Å². The molecule has 0 unspecified atom stereocenters. The smallest absolute Gasteiger partial charge is 0.146 e. The van der Waals surface area contributed by atoms with Crippen molar-refractivity contribution in [2.75, 3.05) is 11.1 Å². The minimum atomic E-state index is -0.352. The fourth-order valence-electron chi connectivity index (χ4n) is 1.80. The number of nitrogens with zero attached hydrogens (tertiary/aromatic N) is 2. The Bertz CT molecular complexity index is 601. The first-order valence-corrected chi connectivity index (χ1v) is 6.60. The first-order chi connectivity index (χ1) is 8.99. The molecule has 0 saturated carbocycles. The van der Waals surface area contributed by atoms with E-state index in [1.54, 1.807) is 12.1 Å². The van der Waals surface area contributed by atoms with E-state index in [-0.39, 0.29) is 11.7 Å². The third kappa shape index (κ3) is 3.01. The molecule has 0 atom stereocenters. The Labute approximate surface area is 119 Å². The average molecular weight is 325 g/mol. The van der Waals surface area contributed by atoms with Crippen LogP contribution in [-0.4, -0.2) is 9.97 Å². The van der Waals surface area contributed by atoms with Crippen molar-refractivity contribution in [3.63, 3.8) is 0 Å². The van der Waals surface area contributed by atoms with Crippen molar-refractivity contribution >= 4 is 33.3 Å². The normalized spacial score (nSPS) is 10.8. The summed E-state index contributed by atoms with van der Waals surface area (Å²) in [6, 6.07) is 4.67. The summed E-state index contributed by atoms with van der Waals surface area (Å²) in [7, 11) is 0. The number of benzene rings is 1. The Balaban J connectivity index is 2.44. The molecular formula is C13H14BrFN4. The third-order valence-electron chi connectivity index (χ3n) is 2.67. The molecule has 0 bridgehead atoms. The monoisotopic (exact) mass is 324 g/mol. The number of anilines is 3. The van der Waals surface area contributed by atoms with Crippen LogP contribution in [0.25, 0.3) is 0 Å². The lowest BCUT2D eigenvalue weighted by atomic mass is 10.0. The number of nitrogens with one attached hydrogen (secondary N) is 1. The van der Waals surface area contributed by atoms with Gasteiger partial charge in [-0.2, -0.15) is 0 Å². The Kier molecular flexibility index (Phi) is 3.99. The SMILES string of the molecule is CC(C)c1c(N)ncnc1Nc1cc(Br)ccc1F. The van der Waals surface area contributed by atoms with E-state index in [1.807, 2.05) is 13.8 Å². The highest BCUT2D eigenvalue weighted by molar-refractivity contribution is 9.10. The van der Waals surface area contributed by atoms with Crippen LogP contribution in [0.3, 0.4) is 0 Å². The van der Waals surface area contributed by atoms with E-state index in [1.165, 1.54) is 12.4 Å². The molecule has 0 fully saturated rings. The lowest BCUT2D eigenvalue weighted by Crippen LogP contribution is -2.07. The predicted octanol–water partition coefficient (Wildman–Crippen LogP) is 3.83. The van der Waals surface area contributed by atoms with Crippen LogP contribution in [0.15, 0.2) is 29.0 Å². The van der Waals surface area contributed by atoms with Crippen molar-refractivity contribution < 1.29 is 4.39 Å². The first kappa shape index (κ1) is 13.7. The number of aromatic nitrogens is 2. The summed E-state index contributed by atoms with van der Waals surface area (Å²) in [5, 5.41) is 2.97. The van der Waals surface area contributed by atoms with Gasteiger partial charge in [0.25, 0.3) is 0 Å². The second-order valence-corrected chi connectivity index (χ2v) is 5.34. The number of rotatable bonds is 3. The van der Waals surface area contributed by atoms with Crippen LogP contribution in [0, 0.1) is 5.82 Å². The molecule has 1 aromatic heterocycles. The average Bonchev–Trinajstić information content (AvgIpc) is 2.33. The second kappa shape index (κ2) is 5.52. The molecule has 0 radical (unpaired) electrons. The summed E-state index contributed by atoms with van der Waals surface area (Å²) in [6.45, 7) is 3.97. The highest BCUT2D eigenvalue weighted by Crippen LogP contribution is 2.30. The van der Waals surface area contributed by atoms with Crippen molar-refractivity contribution in [2.45, 2.75) is 19.8 Å². The highest BCUT2D eigenvalue weighted by Gasteiger charge is 2.14. The largest absolute Gasteiger partial charge is 0.383 e. The van der Waals surface area contributed by atoms with Crippen LogP contribution in [0.2, 0.25) is 0 Å². The molecule has 3 N–H and O–H groups in total. The van der Waals surface area contributed by atoms with Gasteiger partial charge in [-0.1, -0.05) is 29.8 Å². The van der Waals surface area contributed by atoms with Gasteiger partial charge in [-0.25, -0.2) is 14.4 Å². The van der Waals surface area contributed by atoms with Gasteiger partial charge < -0.3 is 11.1 Å². The Morgan fingerprint density at radius 1 is 1.32 bits per heavy atom. The van der Waals surface area contributed by atoms with Crippen molar-refractivity contribution in [3.05, 3.63) is 40.4 Å². The summed E-state index contributed by atoms with van der Waals surface area (Å²) < 4.78 is 14.5. The molecular weight excluding hydrogens is 311 g/mol. The number of halogens is 2. The maximum absolute atomic E-state index is 13.7. The van der Waals surface area contributed by atoms with Gasteiger partial charge >= 0.3 is 0 Å². The first-order valence-electron chi connectivity index (χ1n) is 5.81. The standard InChI is InChI=1S/C13H14BrFN4/c1-7(2)11-12(16)17-6-18-13(11)19-10-5-8(14)3-4-9(10)15/h3-7H,1-2H3,(H3,16,17,18,19). The summed E-state index contributed by atoms with van der Waals surface area (Å²) in [5.41, 5.74) is 6.97. The van der Waals surface area contributed by atoms with Gasteiger partial charge in [0.05, 0.1) is 5.69 Å². The van der Waals surface area contributed by atoms with Crippen molar-refractivity contribution in [3.8, 4) is 0 Å². The number of hydrogen-bond acceptors (Lipinski definition) is 4. The summed E-state index contributed by atoms with van der Waals surface area (Å²) in [4.78, 5) is 8.11. The molecule has 0 spiro atoms.